The van der Waals surface area contributed by atoms with Crippen LogP contribution in [0.1, 0.15) is 190 Å². The summed E-state index contributed by atoms with van der Waals surface area (Å²) in [7, 11) is 0. The second-order valence-electron chi connectivity index (χ2n) is 28.8. The summed E-state index contributed by atoms with van der Waals surface area (Å²) < 4.78 is 0. The number of rotatable bonds is 24. The van der Waals surface area contributed by atoms with E-state index in [0.29, 0.717) is 51.4 Å². The molecule has 25 heteroatoms. The molecule has 0 saturated carbocycles. The molecule has 4 aliphatic heterocycles. The Labute approximate surface area is 493 Å². The van der Waals surface area contributed by atoms with Gasteiger partial charge in [0.15, 0.2) is 0 Å². The van der Waals surface area contributed by atoms with Crippen molar-refractivity contribution in [3.8, 4) is 0 Å². The Morgan fingerprint density at radius 2 is 0.506 bits per heavy atom. The van der Waals surface area contributed by atoms with E-state index in [9.17, 15) is 48.3 Å². The van der Waals surface area contributed by atoms with Gasteiger partial charge in [-0.25, -0.2) is 19.2 Å². The first kappa shape index (κ1) is 70.4. The molecule has 83 heavy (non-hydrogen) atoms. The molecule has 4 saturated heterocycles. The molecule has 4 amide bonds. The van der Waals surface area contributed by atoms with E-state index in [2.05, 4.69) is 21.3 Å². The van der Waals surface area contributed by atoms with E-state index in [1.54, 1.807) is 30.1 Å². The van der Waals surface area contributed by atoms with Gasteiger partial charge in [-0.2, -0.15) is 0 Å². The van der Waals surface area contributed by atoms with Crippen LogP contribution < -0.4 is 21.3 Å². The second kappa shape index (κ2) is 27.1. The van der Waals surface area contributed by atoms with Gasteiger partial charge in [0, 0.05) is 78.0 Å². The zero-order valence-electron chi connectivity index (χ0n) is 53.7. The molecule has 4 fully saturated rings. The molecule has 4 rings (SSSR count). The Morgan fingerprint density at radius 1 is 0.337 bits per heavy atom. The quantitative estimate of drug-likeness (QED) is 0.0926. The van der Waals surface area contributed by atoms with Crippen molar-refractivity contribution in [2.24, 2.45) is 0 Å². The first-order valence-corrected chi connectivity index (χ1v) is 29.3. The lowest BCUT2D eigenvalue weighted by molar-refractivity contribution is -0.271. The largest absolute Gasteiger partial charge is 0.480 e. The molecule has 4 aliphatic rings. The van der Waals surface area contributed by atoms with Gasteiger partial charge >= 0.3 is 29.8 Å². The first-order valence-electron chi connectivity index (χ1n) is 29.3. The van der Waals surface area contributed by atoms with Crippen LogP contribution in [0.3, 0.4) is 0 Å². The number of amides is 4. The van der Waals surface area contributed by atoms with Crippen molar-refractivity contribution in [3.63, 3.8) is 0 Å². The number of aliphatic carboxylic acids is 1. The van der Waals surface area contributed by atoms with Gasteiger partial charge in [-0.15, -0.1) is 20.3 Å². The lowest BCUT2D eigenvalue weighted by Crippen LogP contribution is -2.65. The molecule has 474 valence electrons. The zero-order valence-corrected chi connectivity index (χ0v) is 53.7. The van der Waals surface area contributed by atoms with Crippen molar-refractivity contribution in [1.82, 2.24) is 56.2 Å². The highest BCUT2D eigenvalue weighted by molar-refractivity contribution is 5.77. The summed E-state index contributed by atoms with van der Waals surface area (Å²) in [6.07, 6.45) is 3.79. The summed E-state index contributed by atoms with van der Waals surface area (Å²) in [5, 5.41) is 28.7. The predicted molar refractivity (Wildman–Crippen MR) is 309 cm³/mol. The number of nitrogens with zero attached hydrogens (tertiary/aromatic N) is 7. The van der Waals surface area contributed by atoms with Crippen molar-refractivity contribution in [1.29, 1.82) is 0 Å². The normalized spacial score (nSPS) is 22.7. The van der Waals surface area contributed by atoms with Gasteiger partial charge in [-0.05, 0) is 162 Å². The third-order valence-electron chi connectivity index (χ3n) is 16.0. The minimum atomic E-state index is -1.22. The zero-order chi connectivity index (χ0) is 63.2. The maximum atomic E-state index is 14.4. The molecule has 0 bridgehead atoms. The SMILES string of the molecule is CC(=O)NC1CC(C)(C)N(OC(=O)CN(CCN(CC(=O)O)CC(=O)ON2C(C)(C)CC(NC(C)=O)CC2(C)C)CCN(CC(=O)ON2C(C)(C)CC(NC(C)=O)CC2(C)C)CC(=O)ON2C(C)(C)CC(NC(C)=O)CC2(C)C)C(C)(C)C1. The molecule has 25 nitrogen and oxygen atoms in total. The fourth-order valence-electron chi connectivity index (χ4n) is 14.3. The Bertz CT molecular complexity index is 2230. The van der Waals surface area contributed by atoms with E-state index in [4.69, 9.17) is 19.4 Å². The summed E-state index contributed by atoms with van der Waals surface area (Å²) in [5.41, 5.74) is -5.86. The number of hydroxylamine groups is 8. The minimum Gasteiger partial charge on any atom is -0.480 e. The predicted octanol–water partition coefficient (Wildman–Crippen LogP) is 3.44. The molecule has 0 atom stereocenters. The Morgan fingerprint density at radius 3 is 0.687 bits per heavy atom. The topological polar surface area (TPSA) is 282 Å². The summed E-state index contributed by atoms with van der Waals surface area (Å²) in [6, 6.07) is -0.727. The monoisotopic (exact) mass is 1180 g/mol. The summed E-state index contributed by atoms with van der Waals surface area (Å²) >= 11 is 0. The number of carboxylic acids is 1. The van der Waals surface area contributed by atoms with Gasteiger partial charge in [0.05, 0.1) is 77.0 Å². The van der Waals surface area contributed by atoms with E-state index < -0.39 is 100 Å². The van der Waals surface area contributed by atoms with E-state index in [0.717, 1.165) is 0 Å². The fourth-order valence-corrected chi connectivity index (χ4v) is 14.3. The second-order valence-corrected chi connectivity index (χ2v) is 28.8. The molecule has 4 heterocycles. The Balaban J connectivity index is 1.68. The van der Waals surface area contributed by atoms with Gasteiger partial charge in [-0.3, -0.25) is 38.7 Å². The molecule has 0 spiro atoms. The lowest BCUT2D eigenvalue weighted by Gasteiger charge is -2.53. The molecule has 5 N–H and O–H groups in total. The van der Waals surface area contributed by atoms with E-state index in [1.165, 1.54) is 32.6 Å². The molecule has 0 unspecified atom stereocenters. The van der Waals surface area contributed by atoms with Crippen LogP contribution in [0.4, 0.5) is 0 Å². The summed E-state index contributed by atoms with van der Waals surface area (Å²) in [4.78, 5) is 147. The van der Waals surface area contributed by atoms with Crippen LogP contribution in [0.15, 0.2) is 0 Å². The lowest BCUT2D eigenvalue weighted by atomic mass is 9.79. The van der Waals surface area contributed by atoms with Crippen LogP contribution in [0.25, 0.3) is 0 Å². The standard InChI is InChI=1S/C58H103N11O14/c1-38(70)59-42-25-51(5,6)66(52(7,8)26-42)80-47(76)34-63(21-23-64(33-46(74)75)35-48(77)81-67-53(9,10)27-43(60-39(2)71)28-54(67,11)12)22-24-65(36-49(78)82-68-55(13,14)29-44(61-40(3)72)30-56(68,15)16)37-50(79)83-69-57(17,18)31-45(62-41(4)73)32-58(69,19)20/h42-45H,21-37H2,1-20H3,(H,59,70)(H,60,71)(H,61,72)(H,62,73)(H,74,75). The molecular formula is C58H103N11O14. The van der Waals surface area contributed by atoms with Gasteiger partial charge in [0.2, 0.25) is 23.6 Å². The highest BCUT2D eigenvalue weighted by Gasteiger charge is 2.52. The third kappa shape index (κ3) is 20.6. The average Bonchev–Trinajstić information content (AvgIpc) is 2.90. The van der Waals surface area contributed by atoms with Crippen LogP contribution >= 0.6 is 0 Å². The Kier molecular flexibility index (Phi) is 23.0. The smallest absolute Gasteiger partial charge is 0.339 e. The minimum absolute atomic E-state index is 0.00221. The van der Waals surface area contributed by atoms with Gasteiger partial charge in [0.25, 0.3) is 0 Å². The van der Waals surface area contributed by atoms with Crippen molar-refractivity contribution < 1.29 is 67.6 Å². The number of carbonyl (C=O) groups excluding carboxylic acids is 8. The van der Waals surface area contributed by atoms with Crippen molar-refractivity contribution >= 4 is 53.5 Å². The van der Waals surface area contributed by atoms with Gasteiger partial charge in [-0.1, -0.05) is 0 Å². The fraction of sp³-hybridized carbons (Fsp3) is 0.845. The highest BCUT2D eigenvalue weighted by atomic mass is 16.7. The summed E-state index contributed by atoms with van der Waals surface area (Å²) in [6.45, 7) is 34.1. The average molecular weight is 1180 g/mol. The third-order valence-corrected chi connectivity index (χ3v) is 16.0. The van der Waals surface area contributed by atoms with E-state index >= 15 is 0 Å². The van der Waals surface area contributed by atoms with Crippen LogP contribution in [0.5, 0.6) is 0 Å². The number of carbonyl (C=O) groups is 9. The molecule has 0 radical (unpaired) electrons. The van der Waals surface area contributed by atoms with Crippen molar-refractivity contribution in [2.45, 2.75) is 258 Å². The molecule has 0 aromatic heterocycles. The molecule has 0 aliphatic carbocycles. The Hall–Kier alpha value is -5.05. The molecule has 0 aromatic carbocycles. The number of hydrogen-bond acceptors (Lipinski definition) is 20. The van der Waals surface area contributed by atoms with Gasteiger partial charge < -0.3 is 45.7 Å². The van der Waals surface area contributed by atoms with E-state index in [1.807, 2.05) is 111 Å². The van der Waals surface area contributed by atoms with Gasteiger partial charge in [0.1, 0.15) is 0 Å². The number of piperidine rings is 4. The molecular weight excluding hydrogens is 1070 g/mol. The number of hydrogen-bond donors (Lipinski definition) is 5. The number of nitrogens with one attached hydrogen (secondary N) is 4. The maximum Gasteiger partial charge on any atom is 0.339 e. The van der Waals surface area contributed by atoms with E-state index in [-0.39, 0.29) is 80.5 Å². The van der Waals surface area contributed by atoms with Crippen LogP contribution in [-0.2, 0) is 62.5 Å². The first-order chi connectivity index (χ1) is 37.7. The van der Waals surface area contributed by atoms with Crippen LogP contribution in [0, 0.1) is 0 Å². The van der Waals surface area contributed by atoms with Crippen LogP contribution in [-0.4, -0.2) is 221 Å². The van der Waals surface area contributed by atoms with Crippen molar-refractivity contribution in [3.05, 3.63) is 0 Å². The molecule has 0 aromatic rings. The van der Waals surface area contributed by atoms with Crippen LogP contribution in [0.2, 0.25) is 0 Å². The highest BCUT2D eigenvalue weighted by Crippen LogP contribution is 2.42. The maximum absolute atomic E-state index is 14.4. The number of carboxylic acid groups (broad SMARTS) is 1. The van der Waals surface area contributed by atoms with Crippen molar-refractivity contribution in [2.75, 3.05) is 58.9 Å². The summed E-state index contributed by atoms with van der Waals surface area (Å²) in [5.74, 6) is -4.67.